The van der Waals surface area contributed by atoms with Crippen LogP contribution in [0.1, 0.15) is 11.4 Å². The lowest BCUT2D eigenvalue weighted by molar-refractivity contribution is -0.00983. The first-order chi connectivity index (χ1) is 7.86. The smallest absolute Gasteiger partial charge is 0.0911 e. The highest BCUT2D eigenvalue weighted by Gasteiger charge is 2.21. The number of aliphatic hydroxyl groups is 1. The maximum absolute atomic E-state index is 9.06. The average molecular weight is 216 g/mol. The van der Waals surface area contributed by atoms with Gasteiger partial charge in [-0.2, -0.15) is 0 Å². The normalized spacial score (nSPS) is 19.7. The zero-order valence-corrected chi connectivity index (χ0v) is 8.76. The number of nitrogens with zero attached hydrogens (tertiary/aromatic N) is 2. The summed E-state index contributed by atoms with van der Waals surface area (Å²) in [6, 6.07) is 7.79. The monoisotopic (exact) mass is 216 g/mol. The van der Waals surface area contributed by atoms with E-state index in [-0.39, 0.29) is 12.7 Å². The lowest BCUT2D eigenvalue weighted by atomic mass is 10.1. The fraction of sp³-hybridized carbons (Fsp3) is 0.333. The van der Waals surface area contributed by atoms with Crippen molar-refractivity contribution in [3.8, 4) is 0 Å². The lowest BCUT2D eigenvalue weighted by Gasteiger charge is -2.22. The molecule has 4 heteroatoms. The molecule has 0 saturated heterocycles. The molecule has 0 radical (unpaired) electrons. The van der Waals surface area contributed by atoms with Crippen LogP contribution in [0, 0.1) is 0 Å². The summed E-state index contributed by atoms with van der Waals surface area (Å²) in [5, 5.41) is 9.06. The van der Waals surface area contributed by atoms with Crippen molar-refractivity contribution < 1.29 is 9.84 Å². The first kappa shape index (κ1) is 9.69. The van der Waals surface area contributed by atoms with Crippen molar-refractivity contribution in [2.75, 3.05) is 6.61 Å². The van der Waals surface area contributed by atoms with Crippen LogP contribution in [-0.4, -0.2) is 27.8 Å². The fourth-order valence-corrected chi connectivity index (χ4v) is 1.94. The van der Waals surface area contributed by atoms with Crippen molar-refractivity contribution >= 4 is 11.0 Å². The minimum Gasteiger partial charge on any atom is -0.394 e. The summed E-state index contributed by atoms with van der Waals surface area (Å²) in [6.07, 6.45) is 0.506. The molecule has 1 unspecified atom stereocenters. The van der Waals surface area contributed by atoms with E-state index in [4.69, 9.17) is 9.84 Å². The Hall–Kier alpha value is -1.52. The molecule has 1 aliphatic rings. The SMILES string of the molecule is OCC1Cc2nc3ccccc3nc2CO1. The molecule has 1 atom stereocenters. The molecular formula is C12H12N2O2. The predicted molar refractivity (Wildman–Crippen MR) is 58.9 cm³/mol. The number of hydrogen-bond donors (Lipinski definition) is 1. The summed E-state index contributed by atoms with van der Waals surface area (Å²) in [6.45, 7) is 0.479. The van der Waals surface area contributed by atoms with Crippen LogP contribution >= 0.6 is 0 Å². The minimum absolute atomic E-state index is 0.0357. The molecule has 0 spiro atoms. The third-order valence-electron chi connectivity index (χ3n) is 2.81. The molecule has 16 heavy (non-hydrogen) atoms. The fourth-order valence-electron chi connectivity index (χ4n) is 1.94. The molecule has 1 aromatic carbocycles. The number of ether oxygens (including phenoxy) is 1. The highest BCUT2D eigenvalue weighted by Crippen LogP contribution is 2.20. The minimum atomic E-state index is -0.136. The van der Waals surface area contributed by atoms with Gasteiger partial charge in [0, 0.05) is 6.42 Å². The molecule has 82 valence electrons. The molecule has 0 aliphatic carbocycles. The maximum atomic E-state index is 9.06. The Morgan fingerprint density at radius 1 is 1.19 bits per heavy atom. The Labute approximate surface area is 92.9 Å². The molecular weight excluding hydrogens is 204 g/mol. The van der Waals surface area contributed by atoms with E-state index >= 15 is 0 Å². The quantitative estimate of drug-likeness (QED) is 0.774. The van der Waals surface area contributed by atoms with Gasteiger partial charge in [-0.3, -0.25) is 0 Å². The van der Waals surface area contributed by atoms with E-state index in [2.05, 4.69) is 9.97 Å². The number of fused-ring (bicyclic) bond motifs is 2. The molecule has 0 fully saturated rings. The summed E-state index contributed by atoms with van der Waals surface area (Å²) in [5.41, 5.74) is 3.64. The Bertz CT molecular complexity index is 527. The van der Waals surface area contributed by atoms with E-state index in [9.17, 15) is 0 Å². The third-order valence-corrected chi connectivity index (χ3v) is 2.81. The van der Waals surface area contributed by atoms with Crippen LogP contribution in [0.5, 0.6) is 0 Å². The largest absolute Gasteiger partial charge is 0.394 e. The summed E-state index contributed by atoms with van der Waals surface area (Å²) in [7, 11) is 0. The summed E-state index contributed by atoms with van der Waals surface area (Å²) in [4.78, 5) is 9.08. The molecule has 3 rings (SSSR count). The Morgan fingerprint density at radius 3 is 2.56 bits per heavy atom. The zero-order valence-electron chi connectivity index (χ0n) is 8.76. The van der Waals surface area contributed by atoms with Crippen LogP contribution in [-0.2, 0) is 17.8 Å². The van der Waals surface area contributed by atoms with Crippen molar-refractivity contribution in [1.29, 1.82) is 0 Å². The highest BCUT2D eigenvalue weighted by atomic mass is 16.5. The number of aromatic nitrogens is 2. The van der Waals surface area contributed by atoms with E-state index in [0.717, 1.165) is 22.4 Å². The van der Waals surface area contributed by atoms with Crippen LogP contribution in [0.2, 0.25) is 0 Å². The molecule has 2 heterocycles. The van der Waals surface area contributed by atoms with Gasteiger partial charge in [0.15, 0.2) is 0 Å². The first-order valence-corrected chi connectivity index (χ1v) is 5.34. The van der Waals surface area contributed by atoms with Gasteiger partial charge >= 0.3 is 0 Å². The van der Waals surface area contributed by atoms with Crippen molar-refractivity contribution in [1.82, 2.24) is 9.97 Å². The van der Waals surface area contributed by atoms with Gasteiger partial charge in [0.05, 0.1) is 41.7 Å². The van der Waals surface area contributed by atoms with Crippen LogP contribution in [0.15, 0.2) is 24.3 Å². The van der Waals surface area contributed by atoms with E-state index in [1.54, 1.807) is 0 Å². The van der Waals surface area contributed by atoms with E-state index in [1.165, 1.54) is 0 Å². The van der Waals surface area contributed by atoms with E-state index < -0.39 is 0 Å². The second-order valence-corrected chi connectivity index (χ2v) is 3.93. The molecule has 0 saturated carbocycles. The predicted octanol–water partition coefficient (Wildman–Crippen LogP) is 1.06. The summed E-state index contributed by atoms with van der Waals surface area (Å²) in [5.74, 6) is 0. The van der Waals surface area contributed by atoms with Crippen molar-refractivity contribution in [2.24, 2.45) is 0 Å². The average Bonchev–Trinajstić information content (AvgIpc) is 2.35. The van der Waals surface area contributed by atoms with Gasteiger partial charge in [-0.15, -0.1) is 0 Å². The van der Waals surface area contributed by atoms with Gasteiger partial charge in [-0.05, 0) is 12.1 Å². The molecule has 2 aromatic rings. The van der Waals surface area contributed by atoms with Crippen molar-refractivity contribution in [3.63, 3.8) is 0 Å². The van der Waals surface area contributed by atoms with Crippen LogP contribution in [0.4, 0.5) is 0 Å². The molecule has 1 aliphatic heterocycles. The Morgan fingerprint density at radius 2 is 1.88 bits per heavy atom. The lowest BCUT2D eigenvalue weighted by Crippen LogP contribution is -2.27. The molecule has 4 nitrogen and oxygen atoms in total. The van der Waals surface area contributed by atoms with Gasteiger partial charge in [-0.25, -0.2) is 9.97 Å². The van der Waals surface area contributed by atoms with Crippen LogP contribution < -0.4 is 0 Å². The Balaban J connectivity index is 2.10. The zero-order chi connectivity index (χ0) is 11.0. The topological polar surface area (TPSA) is 55.2 Å². The third kappa shape index (κ3) is 1.56. The summed E-state index contributed by atoms with van der Waals surface area (Å²) < 4.78 is 5.45. The molecule has 0 bridgehead atoms. The summed E-state index contributed by atoms with van der Waals surface area (Å²) >= 11 is 0. The molecule has 1 aromatic heterocycles. The standard InChI is InChI=1S/C12H12N2O2/c15-6-8-5-11-12(7-16-8)14-10-4-2-1-3-9(10)13-11/h1-4,8,15H,5-7H2. The van der Waals surface area contributed by atoms with Gasteiger partial charge in [0.1, 0.15) is 0 Å². The number of rotatable bonds is 1. The van der Waals surface area contributed by atoms with Crippen molar-refractivity contribution in [2.45, 2.75) is 19.1 Å². The van der Waals surface area contributed by atoms with Crippen molar-refractivity contribution in [3.05, 3.63) is 35.7 Å². The molecule has 1 N–H and O–H groups in total. The number of benzene rings is 1. The first-order valence-electron chi connectivity index (χ1n) is 5.34. The van der Waals surface area contributed by atoms with Gasteiger partial charge in [-0.1, -0.05) is 12.1 Å². The van der Waals surface area contributed by atoms with Gasteiger partial charge < -0.3 is 9.84 Å². The second kappa shape index (κ2) is 3.81. The van der Waals surface area contributed by atoms with Gasteiger partial charge in [0.25, 0.3) is 0 Å². The second-order valence-electron chi connectivity index (χ2n) is 3.93. The Kier molecular flexibility index (Phi) is 2.31. The highest BCUT2D eigenvalue weighted by molar-refractivity contribution is 5.74. The van der Waals surface area contributed by atoms with Crippen LogP contribution in [0.25, 0.3) is 11.0 Å². The number of para-hydroxylation sites is 2. The van der Waals surface area contributed by atoms with Crippen LogP contribution in [0.3, 0.4) is 0 Å². The van der Waals surface area contributed by atoms with Gasteiger partial charge in [0.2, 0.25) is 0 Å². The molecule has 0 amide bonds. The van der Waals surface area contributed by atoms with E-state index in [1.807, 2.05) is 24.3 Å². The maximum Gasteiger partial charge on any atom is 0.0911 e. The number of aliphatic hydroxyl groups excluding tert-OH is 1. The van der Waals surface area contributed by atoms with E-state index in [0.29, 0.717) is 13.0 Å². The number of hydrogen-bond acceptors (Lipinski definition) is 4.